The third kappa shape index (κ3) is 3.02. The highest BCUT2D eigenvalue weighted by molar-refractivity contribution is 7.89. The number of sulfonamides is 1. The van der Waals surface area contributed by atoms with Crippen molar-refractivity contribution in [2.75, 3.05) is 45.9 Å². The predicted octanol–water partition coefficient (Wildman–Crippen LogP) is 1.36. The molecule has 0 unspecified atom stereocenters. The maximum Gasteiger partial charge on any atom is 0.433 e. The second-order valence-corrected chi connectivity index (χ2v) is 9.53. The zero-order valence-electron chi connectivity index (χ0n) is 14.3. The van der Waals surface area contributed by atoms with Crippen molar-refractivity contribution in [3.8, 4) is 0 Å². The Kier molecular flexibility index (Phi) is 4.11. The van der Waals surface area contributed by atoms with Crippen LogP contribution in [0.5, 0.6) is 0 Å². The highest BCUT2D eigenvalue weighted by atomic mass is 32.2. The summed E-state index contributed by atoms with van der Waals surface area (Å²) in [6, 6.07) is 1.73. The fourth-order valence-corrected chi connectivity index (χ4v) is 5.80. The lowest BCUT2D eigenvalue weighted by molar-refractivity contribution is -0.141. The molecule has 3 aliphatic heterocycles. The number of nitrogens with zero attached hydrogens (tertiary/aromatic N) is 3. The number of ether oxygens (including phenoxy) is 1. The molecule has 1 aromatic heterocycles. The first-order valence-corrected chi connectivity index (χ1v) is 9.88. The quantitative estimate of drug-likeness (QED) is 0.776. The van der Waals surface area contributed by atoms with Crippen molar-refractivity contribution in [1.29, 1.82) is 0 Å². The SMILES string of the molecule is Cc1nc(C(F)(F)F)ccc1S(=O)(=O)N1CC2(CN(CC3COC3)C2)C1. The van der Waals surface area contributed by atoms with Crippen molar-refractivity contribution in [3.63, 3.8) is 0 Å². The zero-order valence-corrected chi connectivity index (χ0v) is 15.1. The van der Waals surface area contributed by atoms with Gasteiger partial charge in [0.2, 0.25) is 10.0 Å². The van der Waals surface area contributed by atoms with Crippen molar-refractivity contribution in [1.82, 2.24) is 14.2 Å². The van der Waals surface area contributed by atoms with Gasteiger partial charge < -0.3 is 9.64 Å². The number of aromatic nitrogens is 1. The first-order valence-electron chi connectivity index (χ1n) is 8.44. The maximum atomic E-state index is 12.7. The van der Waals surface area contributed by atoms with Gasteiger partial charge >= 0.3 is 6.18 Å². The largest absolute Gasteiger partial charge is 0.433 e. The molecule has 0 aromatic carbocycles. The van der Waals surface area contributed by atoms with E-state index < -0.39 is 21.9 Å². The Balaban J connectivity index is 1.40. The summed E-state index contributed by atoms with van der Waals surface area (Å²) >= 11 is 0. The lowest BCUT2D eigenvalue weighted by Crippen LogP contribution is -2.73. The molecular formula is C16H20F3N3O3S. The van der Waals surface area contributed by atoms with Gasteiger partial charge in [0.25, 0.3) is 0 Å². The van der Waals surface area contributed by atoms with Crippen LogP contribution in [0.2, 0.25) is 0 Å². The van der Waals surface area contributed by atoms with E-state index in [0.717, 1.165) is 45.0 Å². The van der Waals surface area contributed by atoms with E-state index in [4.69, 9.17) is 4.74 Å². The van der Waals surface area contributed by atoms with Gasteiger partial charge in [-0.3, -0.25) is 0 Å². The van der Waals surface area contributed by atoms with Gasteiger partial charge in [0.15, 0.2) is 0 Å². The number of likely N-dealkylation sites (tertiary alicyclic amines) is 1. The third-order valence-corrected chi connectivity index (χ3v) is 7.24. The first kappa shape index (κ1) is 18.1. The van der Waals surface area contributed by atoms with E-state index >= 15 is 0 Å². The fraction of sp³-hybridized carbons (Fsp3) is 0.688. The Morgan fingerprint density at radius 2 is 1.88 bits per heavy atom. The highest BCUT2D eigenvalue weighted by Gasteiger charge is 2.55. The molecule has 3 aliphatic rings. The summed E-state index contributed by atoms with van der Waals surface area (Å²) in [7, 11) is -3.81. The Morgan fingerprint density at radius 3 is 2.38 bits per heavy atom. The molecule has 0 saturated carbocycles. The Bertz CT molecular complexity index is 810. The van der Waals surface area contributed by atoms with Gasteiger partial charge in [0, 0.05) is 44.1 Å². The molecule has 1 aromatic rings. The van der Waals surface area contributed by atoms with Crippen LogP contribution in [0, 0.1) is 18.3 Å². The summed E-state index contributed by atoms with van der Waals surface area (Å²) < 4.78 is 70.1. The van der Waals surface area contributed by atoms with Crippen LogP contribution in [0.25, 0.3) is 0 Å². The van der Waals surface area contributed by atoms with E-state index in [0.29, 0.717) is 19.0 Å². The predicted molar refractivity (Wildman–Crippen MR) is 85.9 cm³/mol. The van der Waals surface area contributed by atoms with Crippen LogP contribution in [-0.2, 0) is 20.9 Å². The number of halogens is 3. The molecule has 26 heavy (non-hydrogen) atoms. The van der Waals surface area contributed by atoms with E-state index in [9.17, 15) is 21.6 Å². The smallest absolute Gasteiger partial charge is 0.381 e. The van der Waals surface area contributed by atoms with Crippen molar-refractivity contribution >= 4 is 10.0 Å². The highest BCUT2D eigenvalue weighted by Crippen LogP contribution is 2.43. The molecule has 4 heterocycles. The third-order valence-electron chi connectivity index (χ3n) is 5.31. The average Bonchev–Trinajstić information content (AvgIpc) is 2.40. The van der Waals surface area contributed by atoms with Gasteiger partial charge in [0.05, 0.1) is 18.9 Å². The number of aryl methyl sites for hydroxylation is 1. The van der Waals surface area contributed by atoms with Crippen molar-refractivity contribution in [3.05, 3.63) is 23.5 Å². The van der Waals surface area contributed by atoms with Gasteiger partial charge in [-0.05, 0) is 19.1 Å². The molecule has 144 valence electrons. The van der Waals surface area contributed by atoms with Crippen LogP contribution in [0.1, 0.15) is 11.4 Å². The summed E-state index contributed by atoms with van der Waals surface area (Å²) in [4.78, 5) is 5.59. The number of alkyl halides is 3. The minimum absolute atomic E-state index is 0.00901. The summed E-state index contributed by atoms with van der Waals surface area (Å²) in [6.45, 7) is 6.41. The Hall–Kier alpha value is -1.23. The van der Waals surface area contributed by atoms with Crippen molar-refractivity contribution < 1.29 is 26.3 Å². The molecule has 0 bridgehead atoms. The molecule has 4 rings (SSSR count). The average molecular weight is 391 g/mol. The molecule has 1 spiro atoms. The molecule has 0 aliphatic carbocycles. The molecule has 10 heteroatoms. The molecule has 3 fully saturated rings. The summed E-state index contributed by atoms with van der Waals surface area (Å²) in [5, 5.41) is 0. The fourth-order valence-electron chi connectivity index (χ4n) is 3.98. The monoisotopic (exact) mass is 391 g/mol. The molecule has 0 amide bonds. The lowest BCUT2D eigenvalue weighted by atomic mass is 9.74. The minimum Gasteiger partial charge on any atom is -0.381 e. The van der Waals surface area contributed by atoms with E-state index in [1.165, 1.54) is 11.2 Å². The molecule has 6 nitrogen and oxygen atoms in total. The van der Waals surface area contributed by atoms with Crippen LogP contribution in [0.15, 0.2) is 17.0 Å². The summed E-state index contributed by atoms with van der Waals surface area (Å²) in [5.74, 6) is 0.577. The van der Waals surface area contributed by atoms with Crippen molar-refractivity contribution in [2.24, 2.45) is 11.3 Å². The molecule has 0 radical (unpaired) electrons. The van der Waals surface area contributed by atoms with Gasteiger partial charge in [-0.2, -0.15) is 17.5 Å². The maximum absolute atomic E-state index is 12.7. The van der Waals surface area contributed by atoms with E-state index in [1.807, 2.05) is 0 Å². The van der Waals surface area contributed by atoms with Crippen LogP contribution >= 0.6 is 0 Å². The van der Waals surface area contributed by atoms with Gasteiger partial charge in [0.1, 0.15) is 10.6 Å². The van der Waals surface area contributed by atoms with Gasteiger partial charge in [-0.1, -0.05) is 0 Å². The molecule has 0 N–H and O–H groups in total. The Labute approximate surface area is 150 Å². The van der Waals surface area contributed by atoms with E-state index in [-0.39, 0.29) is 16.0 Å². The molecule has 3 saturated heterocycles. The van der Waals surface area contributed by atoms with Gasteiger partial charge in [-0.15, -0.1) is 0 Å². The standard InChI is InChI=1S/C16H20F3N3O3S/c1-11-13(2-3-14(20-11)16(17,18)19)26(23,24)22-9-15(10-22)7-21(8-15)4-12-5-25-6-12/h2-3,12H,4-10H2,1H3. The van der Waals surface area contributed by atoms with Crippen LogP contribution in [-0.4, -0.2) is 68.5 Å². The van der Waals surface area contributed by atoms with Crippen LogP contribution in [0.4, 0.5) is 13.2 Å². The molecule has 0 atom stereocenters. The van der Waals surface area contributed by atoms with Crippen LogP contribution in [0.3, 0.4) is 0 Å². The first-order chi connectivity index (χ1) is 12.1. The second-order valence-electron chi connectivity index (χ2n) is 7.62. The number of pyridine rings is 1. The van der Waals surface area contributed by atoms with Gasteiger partial charge in [-0.25, -0.2) is 13.4 Å². The second kappa shape index (κ2) is 5.88. The number of hydrogen-bond donors (Lipinski definition) is 0. The topological polar surface area (TPSA) is 62.7 Å². The van der Waals surface area contributed by atoms with E-state index in [1.54, 1.807) is 0 Å². The normalized spacial score (nSPS) is 24.2. The Morgan fingerprint density at radius 1 is 1.23 bits per heavy atom. The van der Waals surface area contributed by atoms with Crippen molar-refractivity contribution in [2.45, 2.75) is 18.0 Å². The molecular weight excluding hydrogens is 371 g/mol. The zero-order chi connectivity index (χ0) is 18.7. The van der Waals surface area contributed by atoms with Crippen LogP contribution < -0.4 is 0 Å². The summed E-state index contributed by atoms with van der Waals surface area (Å²) in [5.41, 5.74) is -1.21. The minimum atomic E-state index is -4.59. The van der Waals surface area contributed by atoms with E-state index in [2.05, 4.69) is 9.88 Å². The number of rotatable bonds is 4. The number of hydrogen-bond acceptors (Lipinski definition) is 5. The summed E-state index contributed by atoms with van der Waals surface area (Å²) in [6.07, 6.45) is -4.59. The lowest BCUT2D eigenvalue weighted by Gasteiger charge is -2.60.